The number of hydrogen-bond donors (Lipinski definition) is 2. The molecule has 0 bridgehead atoms. The van der Waals surface area contributed by atoms with Gasteiger partial charge in [-0.25, -0.2) is 0 Å². The van der Waals surface area contributed by atoms with E-state index >= 15 is 0 Å². The molecule has 0 saturated carbocycles. The zero-order valence-electron chi connectivity index (χ0n) is 11.3. The lowest BCUT2D eigenvalue weighted by molar-refractivity contribution is 0.575. The highest BCUT2D eigenvalue weighted by atomic mass is 32.2. The third-order valence-corrected chi connectivity index (χ3v) is 4.18. The summed E-state index contributed by atoms with van der Waals surface area (Å²) in [5.41, 5.74) is 6.99. The molecule has 1 rings (SSSR count). The molecule has 0 amide bonds. The van der Waals surface area contributed by atoms with E-state index in [-0.39, 0.29) is 0 Å². The van der Waals surface area contributed by atoms with Crippen molar-refractivity contribution in [3.05, 3.63) is 34.9 Å². The molecule has 1 unspecified atom stereocenters. The van der Waals surface area contributed by atoms with Gasteiger partial charge in [0.05, 0.1) is 0 Å². The molecule has 0 spiro atoms. The molecule has 0 saturated heterocycles. The van der Waals surface area contributed by atoms with Gasteiger partial charge in [-0.3, -0.25) is 11.3 Å². The Bertz CT molecular complexity index is 350. The first-order valence-corrected chi connectivity index (χ1v) is 7.21. The van der Waals surface area contributed by atoms with Crippen molar-refractivity contribution in [2.75, 3.05) is 5.75 Å². The first-order valence-electron chi connectivity index (χ1n) is 6.16. The topological polar surface area (TPSA) is 38.0 Å². The first kappa shape index (κ1) is 14.6. The maximum atomic E-state index is 5.61. The summed E-state index contributed by atoms with van der Waals surface area (Å²) >= 11 is 1.95. The Morgan fingerprint density at radius 3 is 2.47 bits per heavy atom. The predicted molar refractivity (Wildman–Crippen MR) is 78.3 cm³/mol. The van der Waals surface area contributed by atoms with Crippen LogP contribution in [0.25, 0.3) is 0 Å². The smallest absolute Gasteiger partial charge is 0.0341 e. The van der Waals surface area contributed by atoms with Gasteiger partial charge in [0.2, 0.25) is 0 Å². The van der Waals surface area contributed by atoms with Crippen LogP contribution < -0.4 is 11.3 Å². The molecule has 96 valence electrons. The van der Waals surface area contributed by atoms with Crippen LogP contribution >= 0.6 is 11.8 Å². The van der Waals surface area contributed by atoms with Crippen LogP contribution in [-0.4, -0.2) is 17.0 Å². The van der Waals surface area contributed by atoms with Crippen molar-refractivity contribution in [3.8, 4) is 0 Å². The lowest BCUT2D eigenvalue weighted by Crippen LogP contribution is -2.39. The second-order valence-electron chi connectivity index (χ2n) is 4.87. The molecule has 1 aromatic carbocycles. The summed E-state index contributed by atoms with van der Waals surface area (Å²) in [4.78, 5) is 0. The van der Waals surface area contributed by atoms with E-state index in [1.165, 1.54) is 16.7 Å². The van der Waals surface area contributed by atoms with Crippen LogP contribution in [-0.2, 0) is 6.42 Å². The molecule has 0 radical (unpaired) electrons. The van der Waals surface area contributed by atoms with Crippen molar-refractivity contribution in [2.45, 2.75) is 45.4 Å². The van der Waals surface area contributed by atoms with Gasteiger partial charge in [-0.2, -0.15) is 11.8 Å². The average molecular weight is 252 g/mol. The van der Waals surface area contributed by atoms with E-state index < -0.39 is 0 Å². The van der Waals surface area contributed by atoms with Gasteiger partial charge >= 0.3 is 0 Å². The molecule has 17 heavy (non-hydrogen) atoms. The zero-order valence-corrected chi connectivity index (χ0v) is 12.1. The van der Waals surface area contributed by atoms with E-state index in [2.05, 4.69) is 51.3 Å². The van der Waals surface area contributed by atoms with Crippen LogP contribution in [0.1, 0.15) is 30.5 Å². The number of rotatable bonds is 6. The summed E-state index contributed by atoms with van der Waals surface area (Å²) in [6, 6.07) is 7.00. The summed E-state index contributed by atoms with van der Waals surface area (Å²) in [6.07, 6.45) is 0.997. The maximum absolute atomic E-state index is 5.61. The minimum atomic E-state index is 0.351. The molecule has 1 atom stereocenters. The number of nitrogens with one attached hydrogen (secondary N) is 1. The second-order valence-corrected chi connectivity index (χ2v) is 6.48. The Morgan fingerprint density at radius 2 is 1.94 bits per heavy atom. The molecule has 0 aliphatic carbocycles. The molecule has 0 aliphatic heterocycles. The summed E-state index contributed by atoms with van der Waals surface area (Å²) in [5, 5.41) is 0.658. The van der Waals surface area contributed by atoms with Crippen LogP contribution in [0.15, 0.2) is 18.2 Å². The van der Waals surface area contributed by atoms with E-state index in [1.54, 1.807) is 0 Å². The number of aryl methyl sites for hydroxylation is 2. The van der Waals surface area contributed by atoms with Crippen LogP contribution in [0.5, 0.6) is 0 Å². The van der Waals surface area contributed by atoms with Crippen molar-refractivity contribution in [1.82, 2.24) is 5.43 Å². The van der Waals surface area contributed by atoms with E-state index in [0.717, 1.165) is 12.2 Å². The Balaban J connectivity index is 2.57. The van der Waals surface area contributed by atoms with Gasteiger partial charge < -0.3 is 0 Å². The number of thioether (sulfide) groups is 1. The number of benzene rings is 1. The molecule has 0 aromatic heterocycles. The minimum Gasteiger partial charge on any atom is -0.271 e. The monoisotopic (exact) mass is 252 g/mol. The average Bonchev–Trinajstić information content (AvgIpc) is 2.28. The molecule has 3 N–H and O–H groups in total. The molecule has 1 aromatic rings. The summed E-state index contributed by atoms with van der Waals surface area (Å²) in [7, 11) is 0. The van der Waals surface area contributed by atoms with Crippen LogP contribution in [0.3, 0.4) is 0 Å². The standard InChI is InChI=1S/C14H24N2S/c1-10(2)17-9-14(16-15)8-13-6-5-11(3)12(4)7-13/h5-7,10,14,16H,8-9,15H2,1-4H3. The van der Waals surface area contributed by atoms with Gasteiger partial charge in [-0.05, 0) is 42.2 Å². The van der Waals surface area contributed by atoms with Gasteiger partial charge in [-0.15, -0.1) is 0 Å². The van der Waals surface area contributed by atoms with Crippen molar-refractivity contribution in [2.24, 2.45) is 5.84 Å². The molecule has 0 aliphatic rings. The number of hydrogen-bond acceptors (Lipinski definition) is 3. The normalized spacial score (nSPS) is 13.1. The number of hydrazine groups is 1. The summed E-state index contributed by atoms with van der Waals surface area (Å²) in [5.74, 6) is 6.67. The molecular formula is C14H24N2S. The van der Waals surface area contributed by atoms with Gasteiger partial charge in [0.25, 0.3) is 0 Å². The quantitative estimate of drug-likeness (QED) is 0.604. The van der Waals surface area contributed by atoms with Crippen molar-refractivity contribution in [3.63, 3.8) is 0 Å². The Kier molecular flexibility index (Phi) is 6.03. The zero-order chi connectivity index (χ0) is 12.8. The summed E-state index contributed by atoms with van der Waals surface area (Å²) < 4.78 is 0. The molecule has 0 fully saturated rings. The molecule has 3 heteroatoms. The van der Waals surface area contributed by atoms with E-state index in [9.17, 15) is 0 Å². The fraction of sp³-hybridized carbons (Fsp3) is 0.571. The van der Waals surface area contributed by atoms with Crippen LogP contribution in [0, 0.1) is 13.8 Å². The summed E-state index contributed by atoms with van der Waals surface area (Å²) in [6.45, 7) is 8.74. The lowest BCUT2D eigenvalue weighted by atomic mass is 10.0. The number of nitrogens with two attached hydrogens (primary N) is 1. The van der Waals surface area contributed by atoms with Crippen LogP contribution in [0.4, 0.5) is 0 Å². The highest BCUT2D eigenvalue weighted by Crippen LogP contribution is 2.15. The van der Waals surface area contributed by atoms with Crippen molar-refractivity contribution >= 4 is 11.8 Å². The van der Waals surface area contributed by atoms with Gasteiger partial charge in [0.15, 0.2) is 0 Å². The largest absolute Gasteiger partial charge is 0.271 e. The SMILES string of the molecule is Cc1ccc(CC(CSC(C)C)NN)cc1C. The minimum absolute atomic E-state index is 0.351. The Labute approximate surface area is 109 Å². The first-order chi connectivity index (χ1) is 8.02. The second kappa shape index (κ2) is 7.04. The van der Waals surface area contributed by atoms with Crippen molar-refractivity contribution in [1.29, 1.82) is 0 Å². The maximum Gasteiger partial charge on any atom is 0.0341 e. The molecular weight excluding hydrogens is 228 g/mol. The van der Waals surface area contributed by atoms with Gasteiger partial charge in [0, 0.05) is 11.8 Å². The third kappa shape index (κ3) is 5.11. The lowest BCUT2D eigenvalue weighted by Gasteiger charge is -2.17. The van der Waals surface area contributed by atoms with Crippen LogP contribution in [0.2, 0.25) is 0 Å². The van der Waals surface area contributed by atoms with Crippen molar-refractivity contribution < 1.29 is 0 Å². The Morgan fingerprint density at radius 1 is 1.24 bits per heavy atom. The molecule has 0 heterocycles. The predicted octanol–water partition coefficient (Wildman–Crippen LogP) is 2.82. The Hall–Kier alpha value is -0.510. The van der Waals surface area contributed by atoms with E-state index in [1.807, 2.05) is 11.8 Å². The van der Waals surface area contributed by atoms with Gasteiger partial charge in [-0.1, -0.05) is 32.0 Å². The van der Waals surface area contributed by atoms with E-state index in [0.29, 0.717) is 11.3 Å². The highest BCUT2D eigenvalue weighted by Gasteiger charge is 2.09. The van der Waals surface area contributed by atoms with Gasteiger partial charge in [0.1, 0.15) is 0 Å². The highest BCUT2D eigenvalue weighted by molar-refractivity contribution is 7.99. The third-order valence-electron chi connectivity index (χ3n) is 2.92. The molecule has 2 nitrogen and oxygen atoms in total. The fourth-order valence-corrected chi connectivity index (χ4v) is 2.52. The fourth-order valence-electron chi connectivity index (χ4n) is 1.69. The van der Waals surface area contributed by atoms with E-state index in [4.69, 9.17) is 5.84 Å².